The predicted molar refractivity (Wildman–Crippen MR) is 78.2 cm³/mol. The van der Waals surface area contributed by atoms with E-state index >= 15 is 0 Å². The number of rotatable bonds is 5. The summed E-state index contributed by atoms with van der Waals surface area (Å²) >= 11 is 0. The van der Waals surface area contributed by atoms with Crippen LogP contribution < -0.4 is 5.73 Å². The van der Waals surface area contributed by atoms with Crippen LogP contribution in [0.4, 0.5) is 0 Å². The van der Waals surface area contributed by atoms with E-state index in [9.17, 15) is 4.79 Å². The molecule has 0 radical (unpaired) electrons. The quantitative estimate of drug-likeness (QED) is 0.830. The van der Waals surface area contributed by atoms with Crippen LogP contribution in [0, 0.1) is 27.7 Å². The minimum absolute atomic E-state index is 0.108. The van der Waals surface area contributed by atoms with Crippen molar-refractivity contribution in [2.75, 3.05) is 6.61 Å². The summed E-state index contributed by atoms with van der Waals surface area (Å²) < 4.78 is 4.94. The van der Waals surface area contributed by atoms with E-state index in [1.165, 1.54) is 27.8 Å². The van der Waals surface area contributed by atoms with Gasteiger partial charge in [-0.3, -0.25) is 4.79 Å². The Morgan fingerprint density at radius 1 is 1.21 bits per heavy atom. The molecule has 0 saturated carbocycles. The lowest BCUT2D eigenvalue weighted by atomic mass is 9.88. The fourth-order valence-corrected chi connectivity index (χ4v) is 2.45. The Bertz CT molecular complexity index is 440. The molecule has 0 aromatic heterocycles. The zero-order chi connectivity index (χ0) is 14.6. The second kappa shape index (κ2) is 6.71. The van der Waals surface area contributed by atoms with Crippen LogP contribution in [-0.2, 0) is 9.53 Å². The van der Waals surface area contributed by atoms with E-state index in [1.807, 2.05) is 6.92 Å². The van der Waals surface area contributed by atoms with Crippen LogP contribution in [0.25, 0.3) is 0 Å². The first-order valence-electron chi connectivity index (χ1n) is 6.87. The minimum atomic E-state index is -0.169. The molecule has 0 aliphatic carbocycles. The van der Waals surface area contributed by atoms with Crippen LogP contribution in [0.15, 0.2) is 6.07 Å². The molecule has 0 heterocycles. The number of hydrogen-bond acceptors (Lipinski definition) is 3. The van der Waals surface area contributed by atoms with Crippen molar-refractivity contribution in [2.24, 2.45) is 5.73 Å². The molecule has 3 heteroatoms. The van der Waals surface area contributed by atoms with E-state index < -0.39 is 0 Å². The summed E-state index contributed by atoms with van der Waals surface area (Å²) in [6.07, 6.45) is 1.00. The van der Waals surface area contributed by atoms with Crippen molar-refractivity contribution >= 4 is 5.97 Å². The number of aryl methyl sites for hydroxylation is 2. The molecule has 1 rings (SSSR count). The van der Waals surface area contributed by atoms with Gasteiger partial charge in [0.25, 0.3) is 0 Å². The van der Waals surface area contributed by atoms with Gasteiger partial charge >= 0.3 is 5.97 Å². The summed E-state index contributed by atoms with van der Waals surface area (Å²) in [4.78, 5) is 11.4. The zero-order valence-corrected chi connectivity index (χ0v) is 12.7. The molecule has 0 fully saturated rings. The summed E-state index contributed by atoms with van der Waals surface area (Å²) in [6, 6.07) is 2.08. The number of carbonyl (C=O) groups excluding carboxylic acids is 1. The van der Waals surface area contributed by atoms with Crippen molar-refractivity contribution in [1.82, 2.24) is 0 Å². The van der Waals surface area contributed by atoms with Gasteiger partial charge in [-0.15, -0.1) is 0 Å². The predicted octanol–water partition coefficient (Wildman–Crippen LogP) is 3.26. The van der Waals surface area contributed by atoms with Crippen molar-refractivity contribution in [3.63, 3.8) is 0 Å². The van der Waals surface area contributed by atoms with E-state index in [0.29, 0.717) is 19.4 Å². The molecule has 2 N–H and O–H groups in total. The van der Waals surface area contributed by atoms with Gasteiger partial charge in [-0.1, -0.05) is 6.07 Å². The number of ether oxygens (including phenoxy) is 1. The molecule has 0 saturated heterocycles. The summed E-state index contributed by atoms with van der Waals surface area (Å²) in [6.45, 7) is 10.6. The molecule has 1 unspecified atom stereocenters. The average Bonchev–Trinajstić information content (AvgIpc) is 2.35. The second-order valence-electron chi connectivity index (χ2n) is 5.12. The standard InChI is InChI=1S/C16H25NO2/c1-6-19-15(18)8-7-14(17)16-12(4)10(2)9-11(3)13(16)5/h9,14H,6-8,17H2,1-5H3. The first kappa shape index (κ1) is 15.7. The lowest BCUT2D eigenvalue weighted by Crippen LogP contribution is -2.17. The fraction of sp³-hybridized carbons (Fsp3) is 0.562. The van der Waals surface area contributed by atoms with Crippen molar-refractivity contribution < 1.29 is 9.53 Å². The van der Waals surface area contributed by atoms with Gasteiger partial charge in [0, 0.05) is 12.5 Å². The van der Waals surface area contributed by atoms with Gasteiger partial charge < -0.3 is 10.5 Å². The summed E-state index contributed by atoms with van der Waals surface area (Å²) in [5, 5.41) is 0. The number of benzene rings is 1. The number of hydrogen-bond donors (Lipinski definition) is 1. The van der Waals surface area contributed by atoms with Crippen molar-refractivity contribution in [2.45, 2.75) is 53.5 Å². The first-order chi connectivity index (χ1) is 8.88. The molecule has 0 spiro atoms. The second-order valence-corrected chi connectivity index (χ2v) is 5.12. The van der Waals surface area contributed by atoms with Crippen LogP contribution in [0.1, 0.15) is 53.6 Å². The minimum Gasteiger partial charge on any atom is -0.466 e. The Labute approximate surface area is 116 Å². The molecule has 0 aliphatic rings. The summed E-state index contributed by atoms with van der Waals surface area (Å²) in [5.74, 6) is -0.169. The molecular weight excluding hydrogens is 238 g/mol. The first-order valence-corrected chi connectivity index (χ1v) is 6.87. The molecule has 19 heavy (non-hydrogen) atoms. The van der Waals surface area contributed by atoms with Crippen LogP contribution in [0.5, 0.6) is 0 Å². The Kier molecular flexibility index (Phi) is 5.55. The maximum absolute atomic E-state index is 11.4. The van der Waals surface area contributed by atoms with Crippen LogP contribution in [0.3, 0.4) is 0 Å². The molecule has 1 atom stereocenters. The lowest BCUT2D eigenvalue weighted by molar-refractivity contribution is -0.143. The highest BCUT2D eigenvalue weighted by Crippen LogP contribution is 2.28. The lowest BCUT2D eigenvalue weighted by Gasteiger charge is -2.20. The third-order valence-corrected chi connectivity index (χ3v) is 3.76. The Morgan fingerprint density at radius 3 is 2.21 bits per heavy atom. The summed E-state index contributed by atoms with van der Waals surface area (Å²) in [7, 11) is 0. The SMILES string of the molecule is CCOC(=O)CCC(N)c1c(C)c(C)cc(C)c1C. The van der Waals surface area contributed by atoms with E-state index in [4.69, 9.17) is 10.5 Å². The highest BCUT2D eigenvalue weighted by Gasteiger charge is 2.16. The number of nitrogens with two attached hydrogens (primary N) is 1. The average molecular weight is 263 g/mol. The Morgan fingerprint density at radius 2 is 1.74 bits per heavy atom. The van der Waals surface area contributed by atoms with Gasteiger partial charge in [-0.05, 0) is 68.9 Å². The number of esters is 1. The molecule has 106 valence electrons. The smallest absolute Gasteiger partial charge is 0.305 e. The fourth-order valence-electron chi connectivity index (χ4n) is 2.45. The largest absolute Gasteiger partial charge is 0.466 e. The Hall–Kier alpha value is -1.35. The third kappa shape index (κ3) is 3.80. The van der Waals surface area contributed by atoms with E-state index in [2.05, 4.69) is 33.8 Å². The topological polar surface area (TPSA) is 52.3 Å². The maximum atomic E-state index is 11.4. The van der Waals surface area contributed by atoms with Gasteiger partial charge in [0.1, 0.15) is 0 Å². The molecular formula is C16H25NO2. The molecule has 1 aromatic rings. The summed E-state index contributed by atoms with van der Waals surface area (Å²) in [5.41, 5.74) is 12.4. The van der Waals surface area contributed by atoms with Gasteiger partial charge in [-0.25, -0.2) is 0 Å². The number of carbonyl (C=O) groups is 1. The van der Waals surface area contributed by atoms with E-state index in [0.717, 1.165) is 0 Å². The monoisotopic (exact) mass is 263 g/mol. The van der Waals surface area contributed by atoms with Gasteiger partial charge in [-0.2, -0.15) is 0 Å². The highest BCUT2D eigenvalue weighted by atomic mass is 16.5. The maximum Gasteiger partial charge on any atom is 0.305 e. The van der Waals surface area contributed by atoms with Crippen molar-refractivity contribution in [1.29, 1.82) is 0 Å². The van der Waals surface area contributed by atoms with Crippen molar-refractivity contribution in [3.05, 3.63) is 33.9 Å². The Balaban J connectivity index is 2.88. The molecule has 0 amide bonds. The van der Waals surface area contributed by atoms with Gasteiger partial charge in [0.05, 0.1) is 6.61 Å². The molecule has 0 bridgehead atoms. The zero-order valence-electron chi connectivity index (χ0n) is 12.7. The van der Waals surface area contributed by atoms with Gasteiger partial charge in [0.15, 0.2) is 0 Å². The highest BCUT2D eigenvalue weighted by molar-refractivity contribution is 5.69. The van der Waals surface area contributed by atoms with E-state index in [1.54, 1.807) is 0 Å². The van der Waals surface area contributed by atoms with E-state index in [-0.39, 0.29) is 12.0 Å². The normalized spacial score (nSPS) is 12.3. The van der Waals surface area contributed by atoms with Crippen LogP contribution in [0.2, 0.25) is 0 Å². The van der Waals surface area contributed by atoms with Crippen LogP contribution in [-0.4, -0.2) is 12.6 Å². The van der Waals surface area contributed by atoms with Crippen molar-refractivity contribution in [3.8, 4) is 0 Å². The third-order valence-electron chi connectivity index (χ3n) is 3.76. The van der Waals surface area contributed by atoms with Crippen LogP contribution >= 0.6 is 0 Å². The van der Waals surface area contributed by atoms with Gasteiger partial charge in [0.2, 0.25) is 0 Å². The molecule has 1 aromatic carbocycles. The molecule has 0 aliphatic heterocycles. The molecule has 3 nitrogen and oxygen atoms in total.